The SMILES string of the molecule is CCN(CCC#N)CC(=O)Nc1ccccc1Br. The predicted molar refractivity (Wildman–Crippen MR) is 75.1 cm³/mol. The van der Waals surface area contributed by atoms with E-state index in [1.807, 2.05) is 36.1 Å². The second-order valence-corrected chi connectivity index (χ2v) is 4.66. The van der Waals surface area contributed by atoms with Crippen LogP contribution in [0.5, 0.6) is 0 Å². The quantitative estimate of drug-likeness (QED) is 0.879. The summed E-state index contributed by atoms with van der Waals surface area (Å²) in [6, 6.07) is 9.56. The number of anilines is 1. The third kappa shape index (κ3) is 4.86. The molecule has 0 spiro atoms. The first kappa shape index (κ1) is 14.7. The molecule has 1 N–H and O–H groups in total. The number of benzene rings is 1. The maximum absolute atomic E-state index is 11.8. The van der Waals surface area contributed by atoms with E-state index in [4.69, 9.17) is 5.26 Å². The molecule has 18 heavy (non-hydrogen) atoms. The molecule has 4 nitrogen and oxygen atoms in total. The van der Waals surface area contributed by atoms with E-state index in [9.17, 15) is 4.79 Å². The molecule has 0 aliphatic heterocycles. The Morgan fingerprint density at radius 1 is 1.50 bits per heavy atom. The molecule has 0 radical (unpaired) electrons. The molecule has 1 aromatic carbocycles. The van der Waals surface area contributed by atoms with E-state index in [1.165, 1.54) is 0 Å². The minimum atomic E-state index is -0.0679. The van der Waals surface area contributed by atoms with Gasteiger partial charge >= 0.3 is 0 Å². The van der Waals surface area contributed by atoms with Crippen LogP contribution in [0.25, 0.3) is 0 Å². The van der Waals surface area contributed by atoms with Gasteiger partial charge in [0.25, 0.3) is 0 Å². The molecule has 1 rings (SSSR count). The van der Waals surface area contributed by atoms with Crippen molar-refractivity contribution in [1.82, 2.24) is 4.90 Å². The fourth-order valence-corrected chi connectivity index (χ4v) is 1.90. The molecular formula is C13H16BrN3O. The number of amides is 1. The van der Waals surface area contributed by atoms with Crippen molar-refractivity contribution in [2.75, 3.05) is 25.0 Å². The number of rotatable bonds is 6. The topological polar surface area (TPSA) is 56.1 Å². The van der Waals surface area contributed by atoms with Gasteiger partial charge in [-0.15, -0.1) is 0 Å². The van der Waals surface area contributed by atoms with E-state index in [0.717, 1.165) is 16.7 Å². The van der Waals surface area contributed by atoms with Crippen LogP contribution in [0.3, 0.4) is 0 Å². The Bertz CT molecular complexity index is 442. The van der Waals surface area contributed by atoms with Gasteiger partial charge in [0, 0.05) is 17.4 Å². The van der Waals surface area contributed by atoms with Gasteiger partial charge in [0.05, 0.1) is 18.3 Å². The summed E-state index contributed by atoms with van der Waals surface area (Å²) >= 11 is 3.38. The van der Waals surface area contributed by atoms with Crippen molar-refractivity contribution in [2.45, 2.75) is 13.3 Å². The van der Waals surface area contributed by atoms with Crippen molar-refractivity contribution >= 4 is 27.5 Å². The highest BCUT2D eigenvalue weighted by Gasteiger charge is 2.09. The minimum absolute atomic E-state index is 0.0679. The van der Waals surface area contributed by atoms with Gasteiger partial charge in [-0.3, -0.25) is 9.69 Å². The number of carbonyl (C=O) groups excluding carboxylic acids is 1. The number of hydrogen-bond acceptors (Lipinski definition) is 3. The monoisotopic (exact) mass is 309 g/mol. The Balaban J connectivity index is 2.51. The van der Waals surface area contributed by atoms with Gasteiger partial charge in [-0.1, -0.05) is 19.1 Å². The van der Waals surface area contributed by atoms with Gasteiger partial charge in [0.1, 0.15) is 0 Å². The van der Waals surface area contributed by atoms with E-state index in [2.05, 4.69) is 27.3 Å². The second kappa shape index (κ2) is 7.85. The Kier molecular flexibility index (Phi) is 6.40. The molecular weight excluding hydrogens is 294 g/mol. The van der Waals surface area contributed by atoms with Gasteiger partial charge in [-0.05, 0) is 34.6 Å². The molecule has 0 bridgehead atoms. The lowest BCUT2D eigenvalue weighted by Crippen LogP contribution is -2.33. The second-order valence-electron chi connectivity index (χ2n) is 3.80. The van der Waals surface area contributed by atoms with Gasteiger partial charge in [-0.25, -0.2) is 0 Å². The highest BCUT2D eigenvalue weighted by molar-refractivity contribution is 9.10. The van der Waals surface area contributed by atoms with Crippen LogP contribution in [-0.4, -0.2) is 30.4 Å². The average molecular weight is 310 g/mol. The van der Waals surface area contributed by atoms with Crippen molar-refractivity contribution in [3.05, 3.63) is 28.7 Å². The molecule has 96 valence electrons. The van der Waals surface area contributed by atoms with E-state index in [1.54, 1.807) is 0 Å². The molecule has 0 fully saturated rings. The zero-order chi connectivity index (χ0) is 13.4. The zero-order valence-electron chi connectivity index (χ0n) is 10.3. The number of nitrogens with zero attached hydrogens (tertiary/aromatic N) is 2. The summed E-state index contributed by atoms with van der Waals surface area (Å²) in [4.78, 5) is 13.8. The molecule has 0 atom stereocenters. The highest BCUT2D eigenvalue weighted by Crippen LogP contribution is 2.20. The highest BCUT2D eigenvalue weighted by atomic mass is 79.9. The van der Waals surface area contributed by atoms with Crippen LogP contribution in [0.2, 0.25) is 0 Å². The zero-order valence-corrected chi connectivity index (χ0v) is 11.9. The van der Waals surface area contributed by atoms with Crippen LogP contribution in [-0.2, 0) is 4.79 Å². The van der Waals surface area contributed by atoms with E-state index >= 15 is 0 Å². The predicted octanol–water partition coefficient (Wildman–Crippen LogP) is 2.62. The fraction of sp³-hybridized carbons (Fsp3) is 0.385. The average Bonchev–Trinajstić information content (AvgIpc) is 2.37. The first-order valence-corrected chi connectivity index (χ1v) is 6.60. The summed E-state index contributed by atoms with van der Waals surface area (Å²) in [6.45, 7) is 3.66. The number of hydrogen-bond donors (Lipinski definition) is 1. The van der Waals surface area contributed by atoms with Crippen LogP contribution in [0.15, 0.2) is 28.7 Å². The molecule has 0 saturated carbocycles. The van der Waals surface area contributed by atoms with Crippen molar-refractivity contribution in [3.8, 4) is 6.07 Å². The minimum Gasteiger partial charge on any atom is -0.324 e. The van der Waals surface area contributed by atoms with Crippen LogP contribution in [0, 0.1) is 11.3 Å². The third-order valence-corrected chi connectivity index (χ3v) is 3.19. The number of nitriles is 1. The molecule has 0 aliphatic carbocycles. The Morgan fingerprint density at radius 2 is 2.22 bits per heavy atom. The first-order chi connectivity index (χ1) is 8.67. The Hall–Kier alpha value is -1.38. The molecule has 0 aromatic heterocycles. The summed E-state index contributed by atoms with van der Waals surface area (Å²) < 4.78 is 0.860. The smallest absolute Gasteiger partial charge is 0.238 e. The molecule has 0 heterocycles. The fourth-order valence-electron chi connectivity index (χ4n) is 1.51. The van der Waals surface area contributed by atoms with Gasteiger partial charge in [0.15, 0.2) is 0 Å². The maximum atomic E-state index is 11.8. The maximum Gasteiger partial charge on any atom is 0.238 e. The molecule has 1 amide bonds. The van der Waals surface area contributed by atoms with Crippen LogP contribution in [0.4, 0.5) is 5.69 Å². The standard InChI is InChI=1S/C13H16BrN3O/c1-2-17(9-5-8-15)10-13(18)16-12-7-4-3-6-11(12)14/h3-4,6-7H,2,5,9-10H2,1H3,(H,16,18). The number of nitrogens with one attached hydrogen (secondary N) is 1. The van der Waals surface area contributed by atoms with Crippen molar-refractivity contribution in [1.29, 1.82) is 5.26 Å². The van der Waals surface area contributed by atoms with E-state index in [0.29, 0.717) is 19.5 Å². The molecule has 1 aromatic rings. The number of likely N-dealkylation sites (N-methyl/N-ethyl adjacent to an activating group) is 1. The Labute approximate surface area is 116 Å². The lowest BCUT2D eigenvalue weighted by atomic mass is 10.3. The first-order valence-electron chi connectivity index (χ1n) is 5.81. The van der Waals surface area contributed by atoms with E-state index < -0.39 is 0 Å². The van der Waals surface area contributed by atoms with Crippen LogP contribution < -0.4 is 5.32 Å². The number of para-hydroxylation sites is 1. The summed E-state index contributed by atoms with van der Waals surface area (Å²) in [5, 5.41) is 11.4. The summed E-state index contributed by atoms with van der Waals surface area (Å²) in [5.74, 6) is -0.0679. The van der Waals surface area contributed by atoms with Gasteiger partial charge in [-0.2, -0.15) is 5.26 Å². The van der Waals surface area contributed by atoms with Crippen molar-refractivity contribution in [2.24, 2.45) is 0 Å². The lowest BCUT2D eigenvalue weighted by molar-refractivity contribution is -0.117. The molecule has 0 saturated heterocycles. The number of carbonyl (C=O) groups is 1. The van der Waals surface area contributed by atoms with Crippen molar-refractivity contribution < 1.29 is 4.79 Å². The summed E-state index contributed by atoms with van der Waals surface area (Å²) in [6.07, 6.45) is 0.441. The Morgan fingerprint density at radius 3 is 2.83 bits per heavy atom. The van der Waals surface area contributed by atoms with Gasteiger partial charge in [0.2, 0.25) is 5.91 Å². The van der Waals surface area contributed by atoms with Crippen molar-refractivity contribution in [3.63, 3.8) is 0 Å². The lowest BCUT2D eigenvalue weighted by Gasteiger charge is -2.18. The summed E-state index contributed by atoms with van der Waals surface area (Å²) in [5.41, 5.74) is 0.763. The van der Waals surface area contributed by atoms with Crippen LogP contribution in [0.1, 0.15) is 13.3 Å². The van der Waals surface area contributed by atoms with E-state index in [-0.39, 0.29) is 5.91 Å². The molecule has 5 heteroatoms. The summed E-state index contributed by atoms with van der Waals surface area (Å²) in [7, 11) is 0. The van der Waals surface area contributed by atoms with Crippen LogP contribution >= 0.6 is 15.9 Å². The number of halogens is 1. The largest absolute Gasteiger partial charge is 0.324 e. The molecule has 0 aliphatic rings. The van der Waals surface area contributed by atoms with Gasteiger partial charge < -0.3 is 5.32 Å². The molecule has 0 unspecified atom stereocenters. The normalized spacial score (nSPS) is 10.1. The third-order valence-electron chi connectivity index (χ3n) is 2.50.